The van der Waals surface area contributed by atoms with Crippen molar-refractivity contribution in [1.82, 2.24) is 0 Å². The molecule has 0 amide bonds. The van der Waals surface area contributed by atoms with Gasteiger partial charge in [0.25, 0.3) is 0 Å². The molecule has 16 heavy (non-hydrogen) atoms. The first-order valence-corrected chi connectivity index (χ1v) is 4.54. The Hall–Kier alpha value is -2.32. The lowest BCUT2D eigenvalue weighted by atomic mass is 10.2. The number of hydrogen-bond donors (Lipinski definition) is 1. The predicted octanol–water partition coefficient (Wildman–Crippen LogP) is 1.53. The van der Waals surface area contributed by atoms with Crippen LogP contribution in [0.3, 0.4) is 0 Å². The molecular formula is C12H10O4. The van der Waals surface area contributed by atoms with Crippen molar-refractivity contribution < 1.29 is 19.4 Å². The lowest BCUT2D eigenvalue weighted by Gasteiger charge is -2.00. The monoisotopic (exact) mass is 218 g/mol. The van der Waals surface area contributed by atoms with Crippen molar-refractivity contribution in [2.75, 3.05) is 0 Å². The smallest absolute Gasteiger partial charge is 0.338 e. The molecule has 4 heteroatoms. The number of carbonyl (C=O) groups is 2. The molecule has 82 valence electrons. The maximum Gasteiger partial charge on any atom is 0.338 e. The molecule has 0 saturated heterocycles. The normalized spacial score (nSPS) is 8.75. The van der Waals surface area contributed by atoms with Crippen LogP contribution >= 0.6 is 0 Å². The average molecular weight is 218 g/mol. The van der Waals surface area contributed by atoms with Crippen LogP contribution in [0.4, 0.5) is 0 Å². The number of carbonyl (C=O) groups excluding carboxylic acids is 1. The van der Waals surface area contributed by atoms with Gasteiger partial charge in [-0.1, -0.05) is 30.3 Å². The molecule has 4 nitrogen and oxygen atoms in total. The van der Waals surface area contributed by atoms with Crippen LogP contribution in [0.25, 0.3) is 0 Å². The van der Waals surface area contributed by atoms with Gasteiger partial charge in [0.15, 0.2) is 0 Å². The zero-order valence-electron chi connectivity index (χ0n) is 8.42. The quantitative estimate of drug-likeness (QED) is 0.473. The molecule has 0 spiro atoms. The molecule has 0 unspecified atom stereocenters. The Labute approximate surface area is 92.5 Å². The fourth-order valence-corrected chi connectivity index (χ4v) is 0.951. The van der Waals surface area contributed by atoms with Gasteiger partial charge in [-0.05, 0) is 5.56 Å². The Balaban J connectivity index is 2.42. The third-order valence-electron chi connectivity index (χ3n) is 1.63. The molecule has 0 saturated carbocycles. The third kappa shape index (κ3) is 4.79. The van der Waals surface area contributed by atoms with Crippen molar-refractivity contribution in [3.05, 3.63) is 53.8 Å². The standard InChI is InChI=1S/C12H10O4/c13-11(14)7-4-8-12(15)16-9-10-5-2-1-3-6-10/h1-3,5-8H,9H2,(H,13,14). The van der Waals surface area contributed by atoms with Crippen LogP contribution in [-0.2, 0) is 20.9 Å². The van der Waals surface area contributed by atoms with Crippen LogP contribution in [0.15, 0.2) is 48.2 Å². The Morgan fingerprint density at radius 1 is 1.25 bits per heavy atom. The summed E-state index contributed by atoms with van der Waals surface area (Å²) in [6.45, 7) is 0.158. The molecule has 1 rings (SSSR count). The molecule has 0 bridgehead atoms. The van der Waals surface area contributed by atoms with Crippen molar-refractivity contribution >= 4 is 11.9 Å². The lowest BCUT2D eigenvalue weighted by molar-refractivity contribution is -0.139. The molecule has 0 aromatic heterocycles. The first-order chi connectivity index (χ1) is 7.68. The number of hydrogen-bond acceptors (Lipinski definition) is 3. The number of benzene rings is 1. The van der Waals surface area contributed by atoms with Crippen molar-refractivity contribution in [3.8, 4) is 0 Å². The van der Waals surface area contributed by atoms with E-state index in [1.165, 1.54) is 0 Å². The summed E-state index contributed by atoms with van der Waals surface area (Å²) in [6.07, 6.45) is 1.68. The molecule has 1 aromatic rings. The van der Waals surface area contributed by atoms with E-state index in [1.54, 1.807) is 0 Å². The number of carboxylic acids is 1. The van der Waals surface area contributed by atoms with E-state index in [0.29, 0.717) is 0 Å². The van der Waals surface area contributed by atoms with Crippen molar-refractivity contribution in [2.24, 2.45) is 0 Å². The highest BCUT2D eigenvalue weighted by atomic mass is 16.5. The molecule has 1 aromatic carbocycles. The van der Waals surface area contributed by atoms with Crippen molar-refractivity contribution in [3.63, 3.8) is 0 Å². The largest absolute Gasteiger partial charge is 0.478 e. The van der Waals surface area contributed by atoms with E-state index in [2.05, 4.69) is 5.73 Å². The van der Waals surface area contributed by atoms with Gasteiger partial charge in [0.05, 0.1) is 12.2 Å². The van der Waals surface area contributed by atoms with E-state index < -0.39 is 11.9 Å². The molecule has 0 atom stereocenters. The van der Waals surface area contributed by atoms with Gasteiger partial charge in [-0.3, -0.25) is 0 Å². The van der Waals surface area contributed by atoms with Crippen LogP contribution in [0.1, 0.15) is 5.56 Å². The summed E-state index contributed by atoms with van der Waals surface area (Å²) in [5.74, 6) is -1.78. The minimum absolute atomic E-state index is 0.158. The summed E-state index contributed by atoms with van der Waals surface area (Å²) < 4.78 is 4.84. The molecule has 1 N–H and O–H groups in total. The molecule has 0 radical (unpaired) electrons. The fourth-order valence-electron chi connectivity index (χ4n) is 0.951. The predicted molar refractivity (Wildman–Crippen MR) is 56.5 cm³/mol. The highest BCUT2D eigenvalue weighted by Crippen LogP contribution is 2.00. The van der Waals surface area contributed by atoms with Gasteiger partial charge in [-0.2, -0.15) is 0 Å². The van der Waals surface area contributed by atoms with Crippen LogP contribution in [0.2, 0.25) is 0 Å². The molecule has 0 fully saturated rings. The SMILES string of the molecule is O=C(O)C=C=CC(=O)OCc1ccccc1. The number of carboxylic acid groups (broad SMARTS) is 1. The second-order valence-electron chi connectivity index (χ2n) is 2.89. The van der Waals surface area contributed by atoms with E-state index in [0.717, 1.165) is 17.7 Å². The summed E-state index contributed by atoms with van der Waals surface area (Å²) in [4.78, 5) is 21.1. The number of ether oxygens (including phenoxy) is 1. The topological polar surface area (TPSA) is 63.6 Å². The highest BCUT2D eigenvalue weighted by molar-refractivity contribution is 5.84. The number of rotatable bonds is 4. The van der Waals surface area contributed by atoms with Gasteiger partial charge < -0.3 is 9.84 Å². The Morgan fingerprint density at radius 2 is 1.94 bits per heavy atom. The number of aliphatic carboxylic acids is 1. The third-order valence-corrected chi connectivity index (χ3v) is 1.63. The zero-order chi connectivity index (χ0) is 11.8. The molecule has 0 aliphatic carbocycles. The summed E-state index contributed by atoms with van der Waals surface area (Å²) in [7, 11) is 0. The second-order valence-corrected chi connectivity index (χ2v) is 2.89. The van der Waals surface area contributed by atoms with E-state index in [-0.39, 0.29) is 6.61 Å². The van der Waals surface area contributed by atoms with Gasteiger partial charge >= 0.3 is 11.9 Å². The Kier molecular flexibility index (Phi) is 4.57. The summed E-state index contributed by atoms with van der Waals surface area (Å²) >= 11 is 0. The molecule has 0 aliphatic heterocycles. The summed E-state index contributed by atoms with van der Waals surface area (Å²) in [5, 5.41) is 8.24. The van der Waals surface area contributed by atoms with Gasteiger partial charge in [-0.15, -0.1) is 5.73 Å². The first-order valence-electron chi connectivity index (χ1n) is 4.54. The van der Waals surface area contributed by atoms with E-state index >= 15 is 0 Å². The van der Waals surface area contributed by atoms with E-state index in [9.17, 15) is 9.59 Å². The highest BCUT2D eigenvalue weighted by Gasteiger charge is 1.97. The van der Waals surface area contributed by atoms with E-state index in [4.69, 9.17) is 9.84 Å². The van der Waals surface area contributed by atoms with Gasteiger partial charge in [0.2, 0.25) is 0 Å². The first kappa shape index (κ1) is 11.8. The number of esters is 1. The van der Waals surface area contributed by atoms with Crippen molar-refractivity contribution in [2.45, 2.75) is 6.61 Å². The molecule has 0 aliphatic rings. The minimum atomic E-state index is -1.16. The maximum atomic E-state index is 11.0. The summed E-state index contributed by atoms with van der Waals surface area (Å²) in [5.41, 5.74) is 3.06. The zero-order valence-corrected chi connectivity index (χ0v) is 8.42. The van der Waals surface area contributed by atoms with Gasteiger partial charge in [0, 0.05) is 0 Å². The van der Waals surface area contributed by atoms with Crippen LogP contribution in [-0.4, -0.2) is 17.0 Å². The maximum absolute atomic E-state index is 11.0. The lowest BCUT2D eigenvalue weighted by Crippen LogP contribution is -2.00. The van der Waals surface area contributed by atoms with Crippen LogP contribution in [0, 0.1) is 0 Å². The van der Waals surface area contributed by atoms with Gasteiger partial charge in [-0.25, -0.2) is 9.59 Å². The summed E-state index contributed by atoms with van der Waals surface area (Å²) in [6, 6.07) is 9.18. The average Bonchev–Trinajstić information content (AvgIpc) is 2.27. The minimum Gasteiger partial charge on any atom is -0.478 e. The van der Waals surface area contributed by atoms with Crippen LogP contribution in [0.5, 0.6) is 0 Å². The van der Waals surface area contributed by atoms with Crippen LogP contribution < -0.4 is 0 Å². The fraction of sp³-hybridized carbons (Fsp3) is 0.0833. The van der Waals surface area contributed by atoms with Crippen molar-refractivity contribution in [1.29, 1.82) is 0 Å². The second kappa shape index (κ2) is 6.22. The molecular weight excluding hydrogens is 208 g/mol. The van der Waals surface area contributed by atoms with Gasteiger partial charge in [0.1, 0.15) is 6.61 Å². The molecule has 0 heterocycles. The van der Waals surface area contributed by atoms with E-state index in [1.807, 2.05) is 30.3 Å². The Bertz CT molecular complexity index is 428. The Morgan fingerprint density at radius 3 is 2.56 bits per heavy atom.